The zero-order valence-corrected chi connectivity index (χ0v) is 11.4. The summed E-state index contributed by atoms with van der Waals surface area (Å²) in [6, 6.07) is 16.3. The molecule has 0 bridgehead atoms. The smallest absolute Gasteiger partial charge is 0.337 e. The number of rotatable bonds is 2. The molecule has 0 spiro atoms. The van der Waals surface area contributed by atoms with Crippen LogP contribution in [0.5, 0.6) is 0 Å². The molecular formula is C17H17NO2. The van der Waals surface area contributed by atoms with Crippen molar-refractivity contribution in [3.63, 3.8) is 0 Å². The molecule has 0 unspecified atom stereocenters. The lowest BCUT2D eigenvalue weighted by atomic mass is 9.88. The predicted octanol–water partition coefficient (Wildman–Crippen LogP) is 2.71. The first kappa shape index (κ1) is 12.9. The second-order valence-corrected chi connectivity index (χ2v) is 4.95. The number of esters is 1. The summed E-state index contributed by atoms with van der Waals surface area (Å²) in [6.07, 6.45) is 0.986. The van der Waals surface area contributed by atoms with Gasteiger partial charge in [-0.2, -0.15) is 0 Å². The summed E-state index contributed by atoms with van der Waals surface area (Å²) >= 11 is 0. The lowest BCUT2D eigenvalue weighted by Gasteiger charge is -2.27. The Kier molecular flexibility index (Phi) is 3.52. The van der Waals surface area contributed by atoms with Gasteiger partial charge in [0, 0.05) is 6.54 Å². The maximum absolute atomic E-state index is 11.7. The van der Waals surface area contributed by atoms with E-state index in [1.165, 1.54) is 23.8 Å². The molecule has 3 nitrogen and oxygen atoms in total. The van der Waals surface area contributed by atoms with Crippen molar-refractivity contribution in [1.82, 2.24) is 5.32 Å². The van der Waals surface area contributed by atoms with Crippen LogP contribution < -0.4 is 5.32 Å². The van der Waals surface area contributed by atoms with Crippen molar-refractivity contribution >= 4 is 5.97 Å². The Hall–Kier alpha value is -2.13. The first-order valence-electron chi connectivity index (χ1n) is 6.79. The Morgan fingerprint density at radius 3 is 2.75 bits per heavy atom. The van der Waals surface area contributed by atoms with Gasteiger partial charge in [-0.3, -0.25) is 0 Å². The third-order valence-electron chi connectivity index (χ3n) is 3.75. The normalized spacial score (nSPS) is 17.4. The van der Waals surface area contributed by atoms with Crippen LogP contribution in [0.4, 0.5) is 0 Å². The van der Waals surface area contributed by atoms with Crippen molar-refractivity contribution in [3.8, 4) is 0 Å². The molecule has 3 heteroatoms. The number of hydrogen-bond acceptors (Lipinski definition) is 3. The predicted molar refractivity (Wildman–Crippen MR) is 77.8 cm³/mol. The maximum atomic E-state index is 11.7. The first-order chi connectivity index (χ1) is 9.79. The van der Waals surface area contributed by atoms with E-state index in [4.69, 9.17) is 4.74 Å². The van der Waals surface area contributed by atoms with Gasteiger partial charge in [0.2, 0.25) is 0 Å². The van der Waals surface area contributed by atoms with Crippen molar-refractivity contribution in [2.24, 2.45) is 0 Å². The van der Waals surface area contributed by atoms with Crippen LogP contribution in [0.25, 0.3) is 0 Å². The van der Waals surface area contributed by atoms with Crippen LogP contribution in [0.2, 0.25) is 0 Å². The zero-order chi connectivity index (χ0) is 13.9. The van der Waals surface area contributed by atoms with Gasteiger partial charge in [0.25, 0.3) is 0 Å². The molecule has 0 aromatic heterocycles. The van der Waals surface area contributed by atoms with Crippen LogP contribution in [-0.2, 0) is 11.2 Å². The molecule has 3 rings (SSSR count). The van der Waals surface area contributed by atoms with Gasteiger partial charge >= 0.3 is 5.97 Å². The standard InChI is InChI=1S/C17H17NO2/c1-20-17(19)14-8-7-12-9-10-18-16(15(12)11-14)13-5-3-2-4-6-13/h2-8,11,16,18H,9-10H2,1H3/t16-/m1/s1. The summed E-state index contributed by atoms with van der Waals surface area (Å²) in [5.74, 6) is -0.287. The van der Waals surface area contributed by atoms with Gasteiger partial charge in [-0.05, 0) is 35.2 Å². The Balaban J connectivity index is 2.04. The summed E-state index contributed by atoms with van der Waals surface area (Å²) in [5, 5.41) is 3.52. The quantitative estimate of drug-likeness (QED) is 0.850. The second-order valence-electron chi connectivity index (χ2n) is 4.95. The molecule has 20 heavy (non-hydrogen) atoms. The number of benzene rings is 2. The summed E-state index contributed by atoms with van der Waals surface area (Å²) in [7, 11) is 1.41. The first-order valence-corrected chi connectivity index (χ1v) is 6.79. The van der Waals surface area contributed by atoms with Gasteiger partial charge < -0.3 is 10.1 Å². The molecule has 1 aliphatic rings. The van der Waals surface area contributed by atoms with Crippen LogP contribution in [0.3, 0.4) is 0 Å². The molecule has 1 N–H and O–H groups in total. The molecule has 2 aromatic carbocycles. The molecule has 0 fully saturated rings. The summed E-state index contributed by atoms with van der Waals surface area (Å²) in [6.45, 7) is 0.949. The van der Waals surface area contributed by atoms with Crippen LogP contribution in [0.15, 0.2) is 48.5 Å². The van der Waals surface area contributed by atoms with Crippen molar-refractivity contribution < 1.29 is 9.53 Å². The largest absolute Gasteiger partial charge is 0.465 e. The highest BCUT2D eigenvalue weighted by Gasteiger charge is 2.22. The molecule has 0 radical (unpaired) electrons. The van der Waals surface area contributed by atoms with E-state index in [9.17, 15) is 4.79 Å². The number of fused-ring (bicyclic) bond motifs is 1. The molecule has 0 saturated heterocycles. The number of carbonyl (C=O) groups excluding carboxylic acids is 1. The Morgan fingerprint density at radius 2 is 2.00 bits per heavy atom. The highest BCUT2D eigenvalue weighted by molar-refractivity contribution is 5.89. The van der Waals surface area contributed by atoms with E-state index in [0.29, 0.717) is 5.56 Å². The minimum Gasteiger partial charge on any atom is -0.465 e. The minimum absolute atomic E-state index is 0.143. The summed E-state index contributed by atoms with van der Waals surface area (Å²) in [5.41, 5.74) is 4.29. The monoisotopic (exact) mass is 267 g/mol. The fourth-order valence-electron chi connectivity index (χ4n) is 2.74. The molecule has 2 aromatic rings. The highest BCUT2D eigenvalue weighted by atomic mass is 16.5. The van der Waals surface area contributed by atoms with Crippen molar-refractivity contribution in [1.29, 1.82) is 0 Å². The Bertz CT molecular complexity index is 622. The molecule has 0 saturated carbocycles. The van der Waals surface area contributed by atoms with Crippen molar-refractivity contribution in [2.75, 3.05) is 13.7 Å². The highest BCUT2D eigenvalue weighted by Crippen LogP contribution is 2.29. The number of ether oxygens (including phenoxy) is 1. The fraction of sp³-hybridized carbons (Fsp3) is 0.235. The van der Waals surface area contributed by atoms with E-state index in [1.807, 2.05) is 36.4 Å². The van der Waals surface area contributed by atoms with Gasteiger partial charge in [0.05, 0.1) is 18.7 Å². The van der Waals surface area contributed by atoms with Gasteiger partial charge in [-0.25, -0.2) is 4.79 Å². The van der Waals surface area contributed by atoms with Crippen LogP contribution in [-0.4, -0.2) is 19.6 Å². The van der Waals surface area contributed by atoms with E-state index >= 15 is 0 Å². The maximum Gasteiger partial charge on any atom is 0.337 e. The van der Waals surface area contributed by atoms with Gasteiger partial charge in [-0.15, -0.1) is 0 Å². The van der Waals surface area contributed by atoms with Gasteiger partial charge in [-0.1, -0.05) is 36.4 Å². The second kappa shape index (κ2) is 5.47. The number of nitrogens with one attached hydrogen (secondary N) is 1. The van der Waals surface area contributed by atoms with Crippen LogP contribution >= 0.6 is 0 Å². The van der Waals surface area contributed by atoms with Gasteiger partial charge in [0.1, 0.15) is 0 Å². The number of methoxy groups -OCH3 is 1. The van der Waals surface area contributed by atoms with E-state index in [2.05, 4.69) is 17.4 Å². The molecule has 0 amide bonds. The molecule has 1 heterocycles. The molecule has 102 valence electrons. The lowest BCUT2D eigenvalue weighted by molar-refractivity contribution is 0.0600. The van der Waals surface area contributed by atoms with E-state index < -0.39 is 0 Å². The topological polar surface area (TPSA) is 38.3 Å². The van der Waals surface area contributed by atoms with E-state index in [1.54, 1.807) is 0 Å². The van der Waals surface area contributed by atoms with Crippen molar-refractivity contribution in [2.45, 2.75) is 12.5 Å². The van der Waals surface area contributed by atoms with Crippen LogP contribution in [0.1, 0.15) is 33.1 Å². The summed E-state index contributed by atoms with van der Waals surface area (Å²) in [4.78, 5) is 11.7. The van der Waals surface area contributed by atoms with E-state index in [-0.39, 0.29) is 12.0 Å². The third kappa shape index (κ3) is 2.32. The molecule has 1 atom stereocenters. The minimum atomic E-state index is -0.287. The lowest BCUT2D eigenvalue weighted by Crippen LogP contribution is -2.30. The fourth-order valence-corrected chi connectivity index (χ4v) is 2.74. The molecule has 1 aliphatic heterocycles. The van der Waals surface area contributed by atoms with Crippen molar-refractivity contribution in [3.05, 3.63) is 70.8 Å². The SMILES string of the molecule is COC(=O)c1ccc2c(c1)[C@@H](c1ccccc1)NCC2. The third-order valence-corrected chi connectivity index (χ3v) is 3.75. The average molecular weight is 267 g/mol. The molecule has 0 aliphatic carbocycles. The Labute approximate surface area is 118 Å². The number of hydrogen-bond donors (Lipinski definition) is 1. The zero-order valence-electron chi connectivity index (χ0n) is 11.4. The number of carbonyl (C=O) groups is 1. The summed E-state index contributed by atoms with van der Waals surface area (Å²) < 4.78 is 4.81. The van der Waals surface area contributed by atoms with Gasteiger partial charge in [0.15, 0.2) is 0 Å². The molecular weight excluding hydrogens is 250 g/mol. The Morgan fingerprint density at radius 1 is 1.20 bits per heavy atom. The average Bonchev–Trinajstić information content (AvgIpc) is 2.54. The van der Waals surface area contributed by atoms with E-state index in [0.717, 1.165) is 13.0 Å². The van der Waals surface area contributed by atoms with Crippen LogP contribution in [0, 0.1) is 0 Å².